The number of aryl methyl sites for hydroxylation is 3. The molecule has 0 saturated carbocycles. The summed E-state index contributed by atoms with van der Waals surface area (Å²) in [5.41, 5.74) is 4.69. The first-order valence-electron chi connectivity index (χ1n) is 5.86. The normalized spacial score (nSPS) is 10.4. The maximum Gasteiger partial charge on any atom is 0.150 e. The molecule has 0 atom stereocenters. The van der Waals surface area contributed by atoms with Gasteiger partial charge in [-0.15, -0.1) is 0 Å². The van der Waals surface area contributed by atoms with Crippen molar-refractivity contribution in [3.8, 4) is 11.1 Å². The molecule has 2 aromatic rings. The fourth-order valence-electron chi connectivity index (χ4n) is 2.24. The van der Waals surface area contributed by atoms with Crippen molar-refractivity contribution in [2.45, 2.75) is 20.8 Å². The summed E-state index contributed by atoms with van der Waals surface area (Å²) in [7, 11) is 0. The van der Waals surface area contributed by atoms with Crippen molar-refractivity contribution in [3.63, 3.8) is 0 Å². The Hall–Kier alpha value is -1.96. The maximum atomic E-state index is 14.1. The second kappa shape index (κ2) is 4.73. The summed E-state index contributed by atoms with van der Waals surface area (Å²) in [6, 6.07) is 8.80. The average Bonchev–Trinajstić information content (AvgIpc) is 2.30. The Morgan fingerprint density at radius 1 is 1.00 bits per heavy atom. The van der Waals surface area contributed by atoms with Gasteiger partial charge in [0.1, 0.15) is 12.1 Å². The second-order valence-electron chi connectivity index (χ2n) is 4.63. The number of carbonyl (C=O) groups is 1. The summed E-state index contributed by atoms with van der Waals surface area (Å²) >= 11 is 0. The molecule has 92 valence electrons. The van der Waals surface area contributed by atoms with E-state index in [1.807, 2.05) is 32.9 Å². The molecule has 0 heterocycles. The lowest BCUT2D eigenvalue weighted by Gasteiger charge is -2.12. The van der Waals surface area contributed by atoms with E-state index in [-0.39, 0.29) is 5.82 Å². The third-order valence-corrected chi connectivity index (χ3v) is 3.10. The lowest BCUT2D eigenvalue weighted by Crippen LogP contribution is -1.94. The first-order chi connectivity index (χ1) is 8.52. The van der Waals surface area contributed by atoms with Crippen LogP contribution in [0.2, 0.25) is 0 Å². The van der Waals surface area contributed by atoms with Gasteiger partial charge in [0, 0.05) is 11.1 Å². The predicted molar refractivity (Wildman–Crippen MR) is 71.4 cm³/mol. The van der Waals surface area contributed by atoms with Crippen LogP contribution in [-0.4, -0.2) is 6.29 Å². The van der Waals surface area contributed by atoms with Crippen molar-refractivity contribution < 1.29 is 9.18 Å². The van der Waals surface area contributed by atoms with Crippen molar-refractivity contribution in [3.05, 3.63) is 58.4 Å². The van der Waals surface area contributed by atoms with Gasteiger partial charge in [-0.1, -0.05) is 18.2 Å². The highest BCUT2D eigenvalue weighted by Crippen LogP contribution is 2.30. The number of benzene rings is 2. The molecule has 0 spiro atoms. The topological polar surface area (TPSA) is 17.1 Å². The number of halogens is 1. The molecule has 0 aliphatic carbocycles. The van der Waals surface area contributed by atoms with Gasteiger partial charge in [0.25, 0.3) is 0 Å². The van der Waals surface area contributed by atoms with Crippen LogP contribution in [0, 0.1) is 26.6 Å². The third kappa shape index (κ3) is 2.19. The summed E-state index contributed by atoms with van der Waals surface area (Å²) < 4.78 is 14.1. The van der Waals surface area contributed by atoms with Crippen molar-refractivity contribution in [2.24, 2.45) is 0 Å². The summed E-state index contributed by atoms with van der Waals surface area (Å²) in [4.78, 5) is 10.8. The van der Waals surface area contributed by atoms with Gasteiger partial charge < -0.3 is 0 Å². The zero-order valence-corrected chi connectivity index (χ0v) is 10.8. The molecule has 0 fully saturated rings. The quantitative estimate of drug-likeness (QED) is 0.720. The van der Waals surface area contributed by atoms with Gasteiger partial charge in [0.15, 0.2) is 0 Å². The van der Waals surface area contributed by atoms with Gasteiger partial charge in [-0.3, -0.25) is 4.79 Å². The fourth-order valence-corrected chi connectivity index (χ4v) is 2.24. The van der Waals surface area contributed by atoms with Crippen LogP contribution in [0.4, 0.5) is 4.39 Å². The molecular formula is C16H15FO. The molecule has 0 N–H and O–H groups in total. The summed E-state index contributed by atoms with van der Waals surface area (Å²) in [5.74, 6) is -0.237. The Bertz CT molecular complexity index is 591. The van der Waals surface area contributed by atoms with Gasteiger partial charge in [0.05, 0.1) is 0 Å². The molecule has 18 heavy (non-hydrogen) atoms. The number of carbonyl (C=O) groups excluding carboxylic acids is 1. The smallest absolute Gasteiger partial charge is 0.150 e. The van der Waals surface area contributed by atoms with Crippen molar-refractivity contribution >= 4 is 6.29 Å². The van der Waals surface area contributed by atoms with Gasteiger partial charge >= 0.3 is 0 Å². The van der Waals surface area contributed by atoms with Crippen LogP contribution in [0.1, 0.15) is 27.0 Å². The third-order valence-electron chi connectivity index (χ3n) is 3.10. The van der Waals surface area contributed by atoms with Crippen molar-refractivity contribution in [1.29, 1.82) is 0 Å². The van der Waals surface area contributed by atoms with E-state index < -0.39 is 0 Å². The SMILES string of the molecule is Cc1cc(C)c(-c2cc(C=O)ccc2C)c(F)c1. The minimum atomic E-state index is -0.237. The molecule has 2 rings (SSSR count). The minimum absolute atomic E-state index is 0.237. The molecule has 1 nitrogen and oxygen atoms in total. The molecule has 0 aromatic heterocycles. The first kappa shape index (κ1) is 12.5. The molecule has 0 bridgehead atoms. The van der Waals surface area contributed by atoms with E-state index in [0.29, 0.717) is 11.1 Å². The van der Waals surface area contributed by atoms with E-state index in [1.165, 1.54) is 6.07 Å². The van der Waals surface area contributed by atoms with E-state index in [4.69, 9.17) is 0 Å². The zero-order valence-electron chi connectivity index (χ0n) is 10.8. The Morgan fingerprint density at radius 3 is 2.33 bits per heavy atom. The lowest BCUT2D eigenvalue weighted by atomic mass is 9.93. The first-order valence-corrected chi connectivity index (χ1v) is 5.86. The minimum Gasteiger partial charge on any atom is -0.298 e. The van der Waals surface area contributed by atoms with Gasteiger partial charge in [0.2, 0.25) is 0 Å². The Kier molecular flexibility index (Phi) is 3.28. The van der Waals surface area contributed by atoms with Crippen LogP contribution in [0.15, 0.2) is 30.3 Å². The molecular weight excluding hydrogens is 227 g/mol. The molecule has 0 radical (unpaired) electrons. The Balaban J connectivity index is 2.72. The van der Waals surface area contributed by atoms with Gasteiger partial charge in [-0.2, -0.15) is 0 Å². The molecule has 0 aliphatic rings. The summed E-state index contributed by atoms with van der Waals surface area (Å²) in [6.45, 7) is 5.68. The largest absolute Gasteiger partial charge is 0.298 e. The van der Waals surface area contributed by atoms with Crippen LogP contribution in [0.25, 0.3) is 11.1 Å². The standard InChI is InChI=1S/C16H15FO/c1-10-6-12(3)16(15(17)7-10)14-8-13(9-18)5-4-11(14)2/h4-9H,1-3H3. The van der Waals surface area contributed by atoms with Crippen LogP contribution in [-0.2, 0) is 0 Å². The molecule has 0 amide bonds. The van der Waals surface area contributed by atoms with Crippen LogP contribution >= 0.6 is 0 Å². The van der Waals surface area contributed by atoms with Gasteiger partial charge in [-0.05, 0) is 55.2 Å². The van der Waals surface area contributed by atoms with Crippen molar-refractivity contribution in [2.75, 3.05) is 0 Å². The molecule has 2 aromatic carbocycles. The summed E-state index contributed by atoms with van der Waals surface area (Å²) in [6.07, 6.45) is 0.782. The monoisotopic (exact) mass is 242 g/mol. The van der Waals surface area contributed by atoms with E-state index in [1.54, 1.807) is 12.1 Å². The van der Waals surface area contributed by atoms with Crippen LogP contribution in [0.5, 0.6) is 0 Å². The van der Waals surface area contributed by atoms with E-state index >= 15 is 0 Å². The highest BCUT2D eigenvalue weighted by atomic mass is 19.1. The molecule has 2 heteroatoms. The number of hydrogen-bond acceptors (Lipinski definition) is 1. The molecule has 0 saturated heterocycles. The van der Waals surface area contributed by atoms with Crippen LogP contribution in [0.3, 0.4) is 0 Å². The van der Waals surface area contributed by atoms with Gasteiger partial charge in [-0.25, -0.2) is 4.39 Å². The highest BCUT2D eigenvalue weighted by Gasteiger charge is 2.12. The number of hydrogen-bond donors (Lipinski definition) is 0. The fraction of sp³-hybridized carbons (Fsp3) is 0.188. The van der Waals surface area contributed by atoms with E-state index in [9.17, 15) is 9.18 Å². The molecule has 0 unspecified atom stereocenters. The van der Waals surface area contributed by atoms with Crippen LogP contribution < -0.4 is 0 Å². The van der Waals surface area contributed by atoms with E-state index in [2.05, 4.69) is 0 Å². The summed E-state index contributed by atoms with van der Waals surface area (Å²) in [5, 5.41) is 0. The van der Waals surface area contributed by atoms with E-state index in [0.717, 1.165) is 28.5 Å². The lowest BCUT2D eigenvalue weighted by molar-refractivity contribution is 0.112. The maximum absolute atomic E-state index is 14.1. The van der Waals surface area contributed by atoms with Crippen molar-refractivity contribution in [1.82, 2.24) is 0 Å². The highest BCUT2D eigenvalue weighted by molar-refractivity contribution is 5.81. The molecule has 0 aliphatic heterocycles. The average molecular weight is 242 g/mol. The Labute approximate surface area is 106 Å². The Morgan fingerprint density at radius 2 is 1.72 bits per heavy atom. The zero-order chi connectivity index (χ0) is 13.3. The number of rotatable bonds is 2. The predicted octanol–water partition coefficient (Wildman–Crippen LogP) is 4.23. The number of aldehydes is 1. The second-order valence-corrected chi connectivity index (χ2v) is 4.63.